The fraction of sp³-hybridized carbons (Fsp3) is 0.185. The molecule has 0 radical (unpaired) electrons. The number of nitrogens with zero attached hydrogens (tertiary/aromatic N) is 2. The van der Waals surface area contributed by atoms with Crippen molar-refractivity contribution in [3.05, 3.63) is 107 Å². The maximum Gasteiger partial charge on any atom is 0.123 e. The highest BCUT2D eigenvalue weighted by atomic mass is 19.1. The molecule has 0 bridgehead atoms. The van der Waals surface area contributed by atoms with Crippen LogP contribution in [-0.2, 0) is 20.0 Å². The summed E-state index contributed by atoms with van der Waals surface area (Å²) in [5.74, 6) is 6.52. The van der Waals surface area contributed by atoms with Gasteiger partial charge in [-0.3, -0.25) is 4.90 Å². The molecule has 1 aliphatic rings. The number of halogens is 1. The molecule has 0 saturated heterocycles. The molecule has 0 fully saturated rings. The van der Waals surface area contributed by atoms with Crippen LogP contribution in [0.1, 0.15) is 28.4 Å². The normalized spacial score (nSPS) is 16.1. The molecule has 0 amide bonds. The van der Waals surface area contributed by atoms with E-state index in [1.807, 2.05) is 0 Å². The van der Waals surface area contributed by atoms with Crippen molar-refractivity contribution in [2.45, 2.75) is 19.0 Å². The number of para-hydroxylation sites is 1. The van der Waals surface area contributed by atoms with Crippen LogP contribution >= 0.6 is 0 Å². The minimum Gasteiger partial charge on any atom is -0.346 e. The van der Waals surface area contributed by atoms with Gasteiger partial charge in [0.05, 0.1) is 6.04 Å². The first-order chi connectivity index (χ1) is 14.7. The van der Waals surface area contributed by atoms with Gasteiger partial charge in [0, 0.05) is 36.9 Å². The molecule has 1 atom stereocenters. The van der Waals surface area contributed by atoms with Gasteiger partial charge in [0.1, 0.15) is 5.82 Å². The van der Waals surface area contributed by atoms with Crippen molar-refractivity contribution >= 4 is 10.9 Å². The van der Waals surface area contributed by atoms with E-state index < -0.39 is 0 Å². The summed E-state index contributed by atoms with van der Waals surface area (Å²) in [7, 11) is 2.13. The highest BCUT2D eigenvalue weighted by Crippen LogP contribution is 2.31. The monoisotopic (exact) mass is 394 g/mol. The standard InChI is InChI=1S/C27H23FN2/c1-29-24(18-22-7-3-5-9-26(22)29)19-30-17-16-21-6-2-4-8-25(21)27(30)15-12-20-10-13-23(28)14-11-20/h2-11,13-14,18,27H,16-17,19H2,1H3. The molecule has 0 aliphatic carbocycles. The molecule has 2 nitrogen and oxygen atoms in total. The Morgan fingerprint density at radius 3 is 2.57 bits per heavy atom. The topological polar surface area (TPSA) is 8.17 Å². The van der Waals surface area contributed by atoms with Gasteiger partial charge in [-0.1, -0.05) is 54.3 Å². The van der Waals surface area contributed by atoms with Gasteiger partial charge in [-0.15, -0.1) is 0 Å². The Bertz CT molecular complexity index is 1260. The summed E-state index contributed by atoms with van der Waals surface area (Å²) < 4.78 is 15.5. The SMILES string of the molecule is Cn1c(CN2CCc3ccccc3C2C#Cc2ccc(F)cc2)cc2ccccc21. The quantitative estimate of drug-likeness (QED) is 0.409. The van der Waals surface area contributed by atoms with Crippen molar-refractivity contribution in [3.63, 3.8) is 0 Å². The van der Waals surface area contributed by atoms with Crippen LogP contribution in [0.25, 0.3) is 10.9 Å². The van der Waals surface area contributed by atoms with E-state index >= 15 is 0 Å². The third-order valence-electron chi connectivity index (χ3n) is 6.00. The molecule has 4 aromatic rings. The summed E-state index contributed by atoms with van der Waals surface area (Å²) >= 11 is 0. The molecule has 30 heavy (non-hydrogen) atoms. The van der Waals surface area contributed by atoms with Gasteiger partial charge in [0.15, 0.2) is 0 Å². The largest absolute Gasteiger partial charge is 0.346 e. The Morgan fingerprint density at radius 1 is 0.967 bits per heavy atom. The average molecular weight is 394 g/mol. The molecule has 1 aliphatic heterocycles. The molecule has 3 heteroatoms. The number of fused-ring (bicyclic) bond motifs is 2. The van der Waals surface area contributed by atoms with E-state index in [9.17, 15) is 4.39 Å². The third kappa shape index (κ3) is 3.51. The molecule has 1 unspecified atom stereocenters. The molecular formula is C27H23FN2. The van der Waals surface area contributed by atoms with Crippen molar-refractivity contribution in [2.24, 2.45) is 7.05 Å². The fourth-order valence-electron chi connectivity index (χ4n) is 4.35. The summed E-state index contributed by atoms with van der Waals surface area (Å²) in [5, 5.41) is 1.27. The van der Waals surface area contributed by atoms with Gasteiger partial charge in [-0.2, -0.15) is 0 Å². The highest BCUT2D eigenvalue weighted by molar-refractivity contribution is 5.81. The van der Waals surface area contributed by atoms with Crippen molar-refractivity contribution in [3.8, 4) is 11.8 Å². The number of hydrogen-bond acceptors (Lipinski definition) is 1. The van der Waals surface area contributed by atoms with Crippen LogP contribution in [0.3, 0.4) is 0 Å². The van der Waals surface area contributed by atoms with Gasteiger partial charge < -0.3 is 4.57 Å². The number of rotatable bonds is 2. The van der Waals surface area contributed by atoms with Crippen molar-refractivity contribution in [1.82, 2.24) is 9.47 Å². The molecule has 0 saturated carbocycles. The first kappa shape index (κ1) is 18.7. The molecule has 0 N–H and O–H groups in total. The molecule has 1 aromatic heterocycles. The number of aromatic nitrogens is 1. The Morgan fingerprint density at radius 2 is 1.73 bits per heavy atom. The van der Waals surface area contributed by atoms with E-state index in [0.29, 0.717) is 0 Å². The van der Waals surface area contributed by atoms with E-state index in [-0.39, 0.29) is 11.9 Å². The van der Waals surface area contributed by atoms with Crippen LogP contribution in [0.15, 0.2) is 78.9 Å². The van der Waals surface area contributed by atoms with Crippen LogP contribution < -0.4 is 0 Å². The van der Waals surface area contributed by atoms with Crippen LogP contribution in [0.2, 0.25) is 0 Å². The average Bonchev–Trinajstić information content (AvgIpc) is 3.09. The van der Waals surface area contributed by atoms with Gasteiger partial charge in [0.2, 0.25) is 0 Å². The smallest absolute Gasteiger partial charge is 0.123 e. The summed E-state index contributed by atoms with van der Waals surface area (Å²) in [6.07, 6.45) is 1.02. The van der Waals surface area contributed by atoms with Gasteiger partial charge in [-0.25, -0.2) is 4.39 Å². The molecule has 148 valence electrons. The van der Waals surface area contributed by atoms with Crippen molar-refractivity contribution < 1.29 is 4.39 Å². The molecule has 2 heterocycles. The lowest BCUT2D eigenvalue weighted by Crippen LogP contribution is -2.34. The fourth-order valence-corrected chi connectivity index (χ4v) is 4.35. The predicted octanol–water partition coefficient (Wildman–Crippen LogP) is 5.47. The van der Waals surface area contributed by atoms with Gasteiger partial charge in [-0.05, 0) is 59.3 Å². The summed E-state index contributed by atoms with van der Waals surface area (Å²) in [6, 6.07) is 25.8. The summed E-state index contributed by atoms with van der Waals surface area (Å²) in [6.45, 7) is 1.80. The number of benzene rings is 3. The second kappa shape index (κ2) is 7.82. The van der Waals surface area contributed by atoms with E-state index in [2.05, 4.69) is 83.0 Å². The number of hydrogen-bond donors (Lipinski definition) is 0. The van der Waals surface area contributed by atoms with Crippen molar-refractivity contribution in [1.29, 1.82) is 0 Å². The lowest BCUT2D eigenvalue weighted by Gasteiger charge is -2.34. The zero-order valence-electron chi connectivity index (χ0n) is 17.0. The Labute approximate surface area is 176 Å². The minimum absolute atomic E-state index is 0.0121. The van der Waals surface area contributed by atoms with E-state index in [4.69, 9.17) is 0 Å². The highest BCUT2D eigenvalue weighted by Gasteiger charge is 2.26. The summed E-state index contributed by atoms with van der Waals surface area (Å²) in [4.78, 5) is 2.45. The van der Waals surface area contributed by atoms with Crippen LogP contribution in [0.5, 0.6) is 0 Å². The van der Waals surface area contributed by atoms with E-state index in [1.54, 1.807) is 12.1 Å². The molecule has 3 aromatic carbocycles. The lowest BCUT2D eigenvalue weighted by atomic mass is 9.92. The van der Waals surface area contributed by atoms with Crippen molar-refractivity contribution in [2.75, 3.05) is 6.54 Å². The first-order valence-corrected chi connectivity index (χ1v) is 10.3. The maximum absolute atomic E-state index is 13.3. The predicted molar refractivity (Wildman–Crippen MR) is 119 cm³/mol. The van der Waals surface area contributed by atoms with Crippen LogP contribution in [-0.4, -0.2) is 16.0 Å². The summed E-state index contributed by atoms with van der Waals surface area (Å²) in [5.41, 5.74) is 6.01. The molecule has 0 spiro atoms. The molecule has 5 rings (SSSR count). The van der Waals surface area contributed by atoms with Crippen LogP contribution in [0, 0.1) is 17.7 Å². The van der Waals surface area contributed by atoms with Gasteiger partial charge >= 0.3 is 0 Å². The zero-order chi connectivity index (χ0) is 20.5. The zero-order valence-corrected chi connectivity index (χ0v) is 17.0. The Kier molecular flexibility index (Phi) is 4.86. The second-order valence-corrected chi connectivity index (χ2v) is 7.85. The second-order valence-electron chi connectivity index (χ2n) is 7.85. The van der Waals surface area contributed by atoms with E-state index in [0.717, 1.165) is 25.1 Å². The molecular weight excluding hydrogens is 371 g/mol. The number of aryl methyl sites for hydroxylation is 1. The minimum atomic E-state index is -0.235. The third-order valence-corrected chi connectivity index (χ3v) is 6.00. The van der Waals surface area contributed by atoms with Crippen LogP contribution in [0.4, 0.5) is 4.39 Å². The lowest BCUT2D eigenvalue weighted by molar-refractivity contribution is 0.212. The van der Waals surface area contributed by atoms with Gasteiger partial charge in [0.25, 0.3) is 0 Å². The maximum atomic E-state index is 13.3. The first-order valence-electron chi connectivity index (χ1n) is 10.3. The van der Waals surface area contributed by atoms with E-state index in [1.165, 1.54) is 39.9 Å². The Hall–Kier alpha value is -3.35. The Balaban J connectivity index is 1.51.